The summed E-state index contributed by atoms with van der Waals surface area (Å²) in [5, 5.41) is 8.26. The van der Waals surface area contributed by atoms with Crippen LogP contribution in [-0.2, 0) is 4.79 Å². The lowest BCUT2D eigenvalue weighted by Crippen LogP contribution is -2.52. The number of benzene rings is 1. The molecular weight excluding hydrogens is 330 g/mol. The van der Waals surface area contributed by atoms with Crippen molar-refractivity contribution in [2.75, 3.05) is 49.6 Å². The van der Waals surface area contributed by atoms with Gasteiger partial charge < -0.3 is 14.5 Å². The molecule has 1 amide bonds. The summed E-state index contributed by atoms with van der Waals surface area (Å²) in [5.41, 5.74) is 0.993. The average molecular weight is 353 g/mol. The van der Waals surface area contributed by atoms with Gasteiger partial charge in [0.15, 0.2) is 5.82 Å². The van der Waals surface area contributed by atoms with Crippen molar-refractivity contribution < 1.29 is 9.53 Å². The van der Waals surface area contributed by atoms with Crippen molar-refractivity contribution in [3.8, 4) is 5.88 Å². The van der Waals surface area contributed by atoms with Gasteiger partial charge in [0.1, 0.15) is 0 Å². The fourth-order valence-corrected chi connectivity index (χ4v) is 3.72. The van der Waals surface area contributed by atoms with Crippen LogP contribution in [0.2, 0.25) is 0 Å². The Kier molecular flexibility index (Phi) is 4.71. The van der Waals surface area contributed by atoms with Gasteiger partial charge in [-0.05, 0) is 24.6 Å². The molecule has 1 unspecified atom stereocenters. The standard InChI is InChI=1S/C19H23N5O2/c1-26-18-8-7-17(20-21-18)23-13-11-22(12-14-23)16-9-10-24(19(16)25)15-5-3-2-4-6-15/h2-8,16H,9-14H2,1H3. The van der Waals surface area contributed by atoms with Crippen molar-refractivity contribution in [2.45, 2.75) is 12.5 Å². The maximum Gasteiger partial charge on any atom is 0.244 e. The molecular formula is C19H23N5O2. The average Bonchev–Trinajstić information content (AvgIpc) is 3.10. The van der Waals surface area contributed by atoms with Crippen molar-refractivity contribution in [1.29, 1.82) is 0 Å². The predicted octanol–water partition coefficient (Wildman–Crippen LogP) is 1.41. The largest absolute Gasteiger partial charge is 0.480 e. The third kappa shape index (κ3) is 3.22. The fourth-order valence-electron chi connectivity index (χ4n) is 3.72. The Labute approximate surface area is 153 Å². The number of aromatic nitrogens is 2. The van der Waals surface area contributed by atoms with Crippen molar-refractivity contribution in [3.63, 3.8) is 0 Å². The zero-order chi connectivity index (χ0) is 17.9. The number of hydrogen-bond donors (Lipinski definition) is 0. The van der Waals surface area contributed by atoms with Gasteiger partial charge in [0.25, 0.3) is 0 Å². The van der Waals surface area contributed by atoms with Gasteiger partial charge in [0, 0.05) is 44.5 Å². The Hall–Kier alpha value is -2.67. The minimum Gasteiger partial charge on any atom is -0.480 e. The summed E-state index contributed by atoms with van der Waals surface area (Å²) in [7, 11) is 1.58. The molecule has 7 heteroatoms. The van der Waals surface area contributed by atoms with Gasteiger partial charge in [0.05, 0.1) is 13.2 Å². The molecule has 2 aromatic rings. The predicted molar refractivity (Wildman–Crippen MR) is 99.6 cm³/mol. The highest BCUT2D eigenvalue weighted by molar-refractivity contribution is 5.99. The summed E-state index contributed by atoms with van der Waals surface area (Å²) in [4.78, 5) is 19.3. The van der Waals surface area contributed by atoms with Crippen LogP contribution in [0.3, 0.4) is 0 Å². The molecule has 1 aromatic carbocycles. The molecule has 1 atom stereocenters. The summed E-state index contributed by atoms with van der Waals surface area (Å²) in [6.45, 7) is 4.18. The molecule has 0 aliphatic carbocycles. The zero-order valence-electron chi connectivity index (χ0n) is 14.9. The Morgan fingerprint density at radius 2 is 1.73 bits per heavy atom. The van der Waals surface area contributed by atoms with E-state index in [9.17, 15) is 4.79 Å². The van der Waals surface area contributed by atoms with Crippen LogP contribution in [0, 0.1) is 0 Å². The molecule has 2 aliphatic heterocycles. The van der Waals surface area contributed by atoms with Gasteiger partial charge in [-0.1, -0.05) is 18.2 Å². The molecule has 2 saturated heterocycles. The highest BCUT2D eigenvalue weighted by Crippen LogP contribution is 2.25. The second-order valence-corrected chi connectivity index (χ2v) is 6.59. The van der Waals surface area contributed by atoms with Gasteiger partial charge in [-0.15, -0.1) is 10.2 Å². The Bertz CT molecular complexity index is 744. The van der Waals surface area contributed by atoms with E-state index >= 15 is 0 Å². The first-order chi connectivity index (χ1) is 12.8. The normalized spacial score (nSPS) is 21.3. The second-order valence-electron chi connectivity index (χ2n) is 6.59. The lowest BCUT2D eigenvalue weighted by molar-refractivity contribution is -0.121. The number of amides is 1. The van der Waals surface area contributed by atoms with E-state index in [0.717, 1.165) is 50.6 Å². The molecule has 0 bridgehead atoms. The molecule has 3 heterocycles. The van der Waals surface area contributed by atoms with E-state index in [4.69, 9.17) is 4.74 Å². The van der Waals surface area contributed by atoms with Crippen molar-refractivity contribution >= 4 is 17.4 Å². The fraction of sp³-hybridized carbons (Fsp3) is 0.421. The second kappa shape index (κ2) is 7.29. The monoisotopic (exact) mass is 353 g/mol. The third-order valence-electron chi connectivity index (χ3n) is 5.16. The highest BCUT2D eigenvalue weighted by Gasteiger charge is 2.37. The molecule has 0 N–H and O–H groups in total. The molecule has 4 rings (SSSR count). The van der Waals surface area contributed by atoms with Crippen LogP contribution in [-0.4, -0.2) is 66.9 Å². The van der Waals surface area contributed by atoms with Gasteiger partial charge in [-0.3, -0.25) is 9.69 Å². The number of carbonyl (C=O) groups is 1. The number of piperazine rings is 1. The SMILES string of the molecule is COc1ccc(N2CCN(C3CCN(c4ccccc4)C3=O)CC2)nn1. The van der Waals surface area contributed by atoms with Crippen LogP contribution in [0.15, 0.2) is 42.5 Å². The van der Waals surface area contributed by atoms with Crippen LogP contribution < -0.4 is 14.5 Å². The Morgan fingerprint density at radius 1 is 0.962 bits per heavy atom. The summed E-state index contributed by atoms with van der Waals surface area (Å²) in [5.74, 6) is 1.59. The summed E-state index contributed by atoms with van der Waals surface area (Å²) >= 11 is 0. The van der Waals surface area contributed by atoms with Crippen molar-refractivity contribution in [1.82, 2.24) is 15.1 Å². The number of para-hydroxylation sites is 1. The maximum absolute atomic E-state index is 12.9. The molecule has 0 saturated carbocycles. The Balaban J connectivity index is 1.37. The number of hydrogen-bond acceptors (Lipinski definition) is 6. The number of anilines is 2. The van der Waals surface area contributed by atoms with E-state index in [1.165, 1.54) is 0 Å². The van der Waals surface area contributed by atoms with Gasteiger partial charge >= 0.3 is 0 Å². The molecule has 0 spiro atoms. The minimum atomic E-state index is -0.0145. The smallest absolute Gasteiger partial charge is 0.244 e. The molecule has 7 nitrogen and oxygen atoms in total. The Morgan fingerprint density at radius 3 is 2.38 bits per heavy atom. The van der Waals surface area contributed by atoms with Crippen LogP contribution in [0.25, 0.3) is 0 Å². The van der Waals surface area contributed by atoms with Gasteiger partial charge in [0.2, 0.25) is 11.8 Å². The van der Waals surface area contributed by atoms with Gasteiger partial charge in [-0.25, -0.2) is 0 Å². The topological polar surface area (TPSA) is 61.8 Å². The zero-order valence-corrected chi connectivity index (χ0v) is 14.9. The number of nitrogens with zero attached hydrogens (tertiary/aromatic N) is 5. The number of methoxy groups -OCH3 is 1. The number of rotatable bonds is 4. The van der Waals surface area contributed by atoms with Crippen LogP contribution in [0.4, 0.5) is 11.5 Å². The number of carbonyl (C=O) groups excluding carboxylic acids is 1. The first kappa shape index (κ1) is 16.8. The minimum absolute atomic E-state index is 0.0145. The lowest BCUT2D eigenvalue weighted by atomic mass is 10.2. The molecule has 136 valence electrons. The van der Waals surface area contributed by atoms with Crippen molar-refractivity contribution in [2.24, 2.45) is 0 Å². The molecule has 26 heavy (non-hydrogen) atoms. The van der Waals surface area contributed by atoms with Crippen molar-refractivity contribution in [3.05, 3.63) is 42.5 Å². The van der Waals surface area contributed by atoms with Crippen LogP contribution in [0.5, 0.6) is 5.88 Å². The molecule has 1 aromatic heterocycles. The maximum atomic E-state index is 12.9. The summed E-state index contributed by atoms with van der Waals surface area (Å²) in [6.07, 6.45) is 0.885. The first-order valence-electron chi connectivity index (χ1n) is 8.99. The third-order valence-corrected chi connectivity index (χ3v) is 5.16. The van der Waals surface area contributed by atoms with Crippen LogP contribution >= 0.6 is 0 Å². The molecule has 0 radical (unpaired) electrons. The van der Waals surface area contributed by atoms with E-state index in [0.29, 0.717) is 5.88 Å². The van der Waals surface area contributed by atoms with Gasteiger partial charge in [-0.2, -0.15) is 0 Å². The lowest BCUT2D eigenvalue weighted by Gasteiger charge is -2.37. The van der Waals surface area contributed by atoms with E-state index in [1.54, 1.807) is 7.11 Å². The number of ether oxygens (including phenoxy) is 1. The summed E-state index contributed by atoms with van der Waals surface area (Å²) < 4.78 is 5.06. The van der Waals surface area contributed by atoms with E-state index in [1.807, 2.05) is 47.4 Å². The van der Waals surface area contributed by atoms with Crippen LogP contribution in [0.1, 0.15) is 6.42 Å². The molecule has 2 aliphatic rings. The van der Waals surface area contributed by atoms with E-state index < -0.39 is 0 Å². The first-order valence-corrected chi connectivity index (χ1v) is 8.99. The highest BCUT2D eigenvalue weighted by atomic mass is 16.5. The quantitative estimate of drug-likeness (QED) is 0.828. The van der Waals surface area contributed by atoms with E-state index in [2.05, 4.69) is 20.0 Å². The van der Waals surface area contributed by atoms with E-state index in [-0.39, 0.29) is 11.9 Å². The summed E-state index contributed by atoms with van der Waals surface area (Å²) in [6, 6.07) is 13.7. The molecule has 2 fully saturated rings.